The molecular weight excluding hydrogens is 518 g/mol. The summed E-state index contributed by atoms with van der Waals surface area (Å²) in [5.74, 6) is 1.53. The number of rotatable bonds is 4. The molecule has 2 fully saturated rings. The molecule has 0 bridgehead atoms. The molecule has 0 amide bonds. The summed E-state index contributed by atoms with van der Waals surface area (Å²) in [6.07, 6.45) is 6.57. The van der Waals surface area contributed by atoms with E-state index in [-0.39, 0.29) is 17.4 Å². The van der Waals surface area contributed by atoms with E-state index < -0.39 is 0 Å². The van der Waals surface area contributed by atoms with Crippen molar-refractivity contribution in [2.45, 2.75) is 35.2 Å². The fourth-order valence-corrected chi connectivity index (χ4v) is 7.12. The number of aromatic amines is 1. The summed E-state index contributed by atoms with van der Waals surface area (Å²) in [7, 11) is 0. The van der Waals surface area contributed by atoms with E-state index in [4.69, 9.17) is 32.6 Å². The lowest BCUT2D eigenvalue weighted by Gasteiger charge is -2.42. The maximum atomic E-state index is 9.07. The first-order valence-electron chi connectivity index (χ1n) is 12.8. The van der Waals surface area contributed by atoms with Gasteiger partial charge in [-0.1, -0.05) is 47.6 Å². The number of aromatic nitrogens is 5. The highest BCUT2D eigenvalue weighted by atomic mass is 35.5. The third-order valence-corrected chi connectivity index (χ3v) is 9.69. The van der Waals surface area contributed by atoms with Crippen molar-refractivity contribution in [1.82, 2.24) is 24.9 Å². The van der Waals surface area contributed by atoms with Crippen molar-refractivity contribution in [1.29, 1.82) is 5.26 Å². The Labute approximate surface area is 229 Å². The van der Waals surface area contributed by atoms with Crippen molar-refractivity contribution in [2.75, 3.05) is 36.0 Å². The quantitative estimate of drug-likeness (QED) is 0.386. The van der Waals surface area contributed by atoms with Gasteiger partial charge in [0.05, 0.1) is 23.2 Å². The predicted octanol–water partition coefficient (Wildman–Crippen LogP) is 4.35. The van der Waals surface area contributed by atoms with Gasteiger partial charge in [0.2, 0.25) is 5.95 Å². The van der Waals surface area contributed by atoms with E-state index in [1.54, 1.807) is 12.4 Å². The molecule has 1 aliphatic carbocycles. The van der Waals surface area contributed by atoms with E-state index in [1.165, 1.54) is 22.9 Å². The molecule has 0 radical (unpaired) electrons. The molecule has 5 heterocycles. The maximum Gasteiger partial charge on any atom is 0.206 e. The van der Waals surface area contributed by atoms with Gasteiger partial charge in [-0.05, 0) is 41.9 Å². The number of pyridine rings is 1. The van der Waals surface area contributed by atoms with Gasteiger partial charge in [-0.2, -0.15) is 10.2 Å². The second-order valence-electron chi connectivity index (χ2n) is 10.4. The minimum atomic E-state index is 0.0312. The second-order valence-corrected chi connectivity index (χ2v) is 11.9. The van der Waals surface area contributed by atoms with Crippen LogP contribution in [0.3, 0.4) is 0 Å². The molecule has 3 aliphatic rings. The van der Waals surface area contributed by atoms with Crippen molar-refractivity contribution in [3.8, 4) is 6.07 Å². The first-order valence-corrected chi connectivity index (χ1v) is 14.0. The Morgan fingerprint density at radius 1 is 1.11 bits per heavy atom. The molecule has 1 atom stereocenters. The minimum Gasteiger partial charge on any atom is -0.353 e. The van der Waals surface area contributed by atoms with Crippen LogP contribution in [-0.2, 0) is 6.42 Å². The van der Waals surface area contributed by atoms with Gasteiger partial charge in [0.25, 0.3) is 0 Å². The summed E-state index contributed by atoms with van der Waals surface area (Å²) in [5.41, 5.74) is 10.8. The normalized spacial score (nSPS) is 20.5. The SMILES string of the molecule is N#CC1CN(c2nccc(Sc3cnc4nc(N5CCC6(CC5)Cc5ccccc5[C@H]6N)[nH]c4n3)c2Cl)C1. The predicted molar refractivity (Wildman–Crippen MR) is 147 cm³/mol. The van der Waals surface area contributed by atoms with Crippen LogP contribution >= 0.6 is 23.4 Å². The van der Waals surface area contributed by atoms with E-state index in [0.717, 1.165) is 48.2 Å². The fourth-order valence-electron chi connectivity index (χ4n) is 6.00. The third-order valence-electron chi connectivity index (χ3n) is 8.24. The molecule has 192 valence electrons. The lowest BCUT2D eigenvalue weighted by atomic mass is 9.73. The van der Waals surface area contributed by atoms with Gasteiger partial charge in [0.15, 0.2) is 11.3 Å². The average Bonchev–Trinajstić information content (AvgIpc) is 3.45. The summed E-state index contributed by atoms with van der Waals surface area (Å²) >= 11 is 8.12. The maximum absolute atomic E-state index is 9.07. The van der Waals surface area contributed by atoms with E-state index in [1.807, 2.05) is 11.0 Å². The summed E-state index contributed by atoms with van der Waals surface area (Å²) in [5, 5.41) is 10.4. The lowest BCUT2D eigenvalue weighted by Crippen LogP contribution is -2.46. The van der Waals surface area contributed by atoms with Gasteiger partial charge < -0.3 is 20.5 Å². The summed E-state index contributed by atoms with van der Waals surface area (Å²) in [4.78, 5) is 27.0. The zero-order chi connectivity index (χ0) is 25.9. The first-order chi connectivity index (χ1) is 18.5. The number of benzene rings is 1. The number of nitrogens with two attached hydrogens (primary N) is 1. The Balaban J connectivity index is 1.06. The van der Waals surface area contributed by atoms with Crippen LogP contribution in [-0.4, -0.2) is 51.1 Å². The van der Waals surface area contributed by atoms with Crippen LogP contribution in [0.1, 0.15) is 30.0 Å². The molecule has 11 heteroatoms. The summed E-state index contributed by atoms with van der Waals surface area (Å²) in [6.45, 7) is 3.08. The standard InChI is InChI=1S/C27H26ClN9S/c28-21-19(5-8-31-25(21)37-14-16(12-29)15-37)38-20-13-32-23-24(33-20)35-26(34-23)36-9-6-27(7-10-36)11-17-3-1-2-4-18(17)22(27)30/h1-5,8,13,16,22H,6-7,9-11,14-15,30H2,(H,32,33,34,35)/t22-/m1/s1. The summed E-state index contributed by atoms with van der Waals surface area (Å²) in [6, 6.07) is 12.8. The molecule has 7 rings (SSSR count). The van der Waals surface area contributed by atoms with Crippen molar-refractivity contribution in [2.24, 2.45) is 17.1 Å². The van der Waals surface area contributed by atoms with Crippen molar-refractivity contribution >= 4 is 46.4 Å². The molecule has 9 nitrogen and oxygen atoms in total. The number of halogens is 1. The molecule has 2 saturated heterocycles. The first kappa shape index (κ1) is 23.7. The Morgan fingerprint density at radius 2 is 1.92 bits per heavy atom. The van der Waals surface area contributed by atoms with Crippen LogP contribution in [0.25, 0.3) is 11.3 Å². The van der Waals surface area contributed by atoms with Crippen LogP contribution in [0, 0.1) is 22.7 Å². The number of nitrogens with zero attached hydrogens (tertiary/aromatic N) is 7. The number of hydrogen-bond donors (Lipinski definition) is 2. The number of fused-ring (bicyclic) bond motifs is 2. The van der Waals surface area contributed by atoms with Crippen LogP contribution in [0.2, 0.25) is 5.02 Å². The number of anilines is 2. The molecule has 2 aliphatic heterocycles. The Hall–Kier alpha value is -3.39. The molecule has 1 aromatic carbocycles. The van der Waals surface area contributed by atoms with Crippen LogP contribution in [0.5, 0.6) is 0 Å². The third kappa shape index (κ3) is 3.88. The highest BCUT2D eigenvalue weighted by Crippen LogP contribution is 2.51. The number of nitrogens with one attached hydrogen (secondary N) is 1. The number of H-pyrrole nitrogens is 1. The number of hydrogen-bond acceptors (Lipinski definition) is 9. The van der Waals surface area contributed by atoms with Gasteiger partial charge in [-0.3, -0.25) is 0 Å². The monoisotopic (exact) mass is 543 g/mol. The molecule has 0 unspecified atom stereocenters. The number of piperidine rings is 1. The molecule has 0 saturated carbocycles. The topological polar surface area (TPSA) is 124 Å². The zero-order valence-corrected chi connectivity index (χ0v) is 22.2. The number of imidazole rings is 1. The average molecular weight is 544 g/mol. The van der Waals surface area contributed by atoms with Gasteiger partial charge in [0, 0.05) is 43.3 Å². The largest absolute Gasteiger partial charge is 0.353 e. The van der Waals surface area contributed by atoms with Crippen LogP contribution in [0.4, 0.5) is 11.8 Å². The van der Waals surface area contributed by atoms with Crippen molar-refractivity contribution < 1.29 is 0 Å². The molecule has 3 aromatic heterocycles. The van der Waals surface area contributed by atoms with E-state index in [0.29, 0.717) is 35.2 Å². The second kappa shape index (κ2) is 9.12. The van der Waals surface area contributed by atoms with E-state index >= 15 is 0 Å². The van der Waals surface area contributed by atoms with Crippen LogP contribution in [0.15, 0.2) is 52.6 Å². The van der Waals surface area contributed by atoms with Gasteiger partial charge in [0.1, 0.15) is 10.8 Å². The smallest absolute Gasteiger partial charge is 0.206 e. The van der Waals surface area contributed by atoms with Gasteiger partial charge >= 0.3 is 0 Å². The minimum absolute atomic E-state index is 0.0312. The lowest BCUT2D eigenvalue weighted by molar-refractivity contribution is 0.187. The van der Waals surface area contributed by atoms with E-state index in [9.17, 15) is 0 Å². The summed E-state index contributed by atoms with van der Waals surface area (Å²) < 4.78 is 0. The fraction of sp³-hybridized carbons (Fsp3) is 0.370. The molecular formula is C27H26ClN9S. The molecule has 38 heavy (non-hydrogen) atoms. The molecule has 3 N–H and O–H groups in total. The Morgan fingerprint density at radius 3 is 2.71 bits per heavy atom. The highest BCUT2D eigenvalue weighted by Gasteiger charge is 2.46. The highest BCUT2D eigenvalue weighted by molar-refractivity contribution is 7.99. The van der Waals surface area contributed by atoms with Crippen molar-refractivity contribution in [3.05, 3.63) is 58.9 Å². The van der Waals surface area contributed by atoms with E-state index in [2.05, 4.69) is 50.2 Å². The Kier molecular flexibility index (Phi) is 5.69. The van der Waals surface area contributed by atoms with Crippen molar-refractivity contribution in [3.63, 3.8) is 0 Å². The Bertz CT molecular complexity index is 1570. The molecule has 1 spiro atoms. The van der Waals surface area contributed by atoms with Crippen LogP contribution < -0.4 is 15.5 Å². The van der Waals surface area contributed by atoms with Gasteiger partial charge in [-0.25, -0.2) is 15.0 Å². The molecule has 4 aromatic rings. The van der Waals surface area contributed by atoms with Gasteiger partial charge in [-0.15, -0.1) is 0 Å². The zero-order valence-electron chi connectivity index (χ0n) is 20.6. The number of nitriles is 1.